The Kier molecular flexibility index (Phi) is 5.69. The molecule has 3 heteroatoms. The minimum absolute atomic E-state index is 0.366. The van der Waals surface area contributed by atoms with E-state index in [1.807, 2.05) is 4.90 Å². The van der Waals surface area contributed by atoms with Crippen LogP contribution in [0.15, 0.2) is 0 Å². The number of amides is 1. The van der Waals surface area contributed by atoms with E-state index < -0.39 is 0 Å². The minimum Gasteiger partial charge on any atom is -0.342 e. The number of hydrogen-bond donors (Lipinski definition) is 1. The Morgan fingerprint density at radius 3 is 2.93 bits per heavy atom. The summed E-state index contributed by atoms with van der Waals surface area (Å²) in [4.78, 5) is 13.7. The highest BCUT2D eigenvalue weighted by Gasteiger charge is 2.27. The predicted octanol–water partition coefficient (Wildman–Crippen LogP) is 1.63. The fourth-order valence-corrected chi connectivity index (χ4v) is 2.24. The summed E-state index contributed by atoms with van der Waals surface area (Å²) in [5.74, 6) is 0.992. The fraction of sp³-hybridized carbons (Fsp3) is 0.917. The number of rotatable bonds is 7. The topological polar surface area (TPSA) is 32.3 Å². The Morgan fingerprint density at radius 2 is 2.27 bits per heavy atom. The number of nitrogens with zero attached hydrogens (tertiary/aromatic N) is 1. The first-order chi connectivity index (χ1) is 7.27. The van der Waals surface area contributed by atoms with Crippen LogP contribution in [0, 0.1) is 5.92 Å². The van der Waals surface area contributed by atoms with Gasteiger partial charge in [-0.1, -0.05) is 20.3 Å². The Balaban J connectivity index is 2.16. The fourth-order valence-electron chi connectivity index (χ4n) is 2.24. The van der Waals surface area contributed by atoms with Crippen LogP contribution in [0.5, 0.6) is 0 Å². The van der Waals surface area contributed by atoms with E-state index in [9.17, 15) is 4.79 Å². The molecular weight excluding hydrogens is 188 g/mol. The van der Waals surface area contributed by atoms with Crippen molar-refractivity contribution in [2.75, 3.05) is 26.2 Å². The van der Waals surface area contributed by atoms with Gasteiger partial charge in [-0.25, -0.2) is 0 Å². The van der Waals surface area contributed by atoms with Gasteiger partial charge in [-0.05, 0) is 31.8 Å². The van der Waals surface area contributed by atoms with Gasteiger partial charge >= 0.3 is 0 Å². The van der Waals surface area contributed by atoms with Crippen LogP contribution in [0.4, 0.5) is 0 Å². The molecule has 1 aliphatic rings. The third-order valence-corrected chi connectivity index (χ3v) is 3.02. The van der Waals surface area contributed by atoms with Crippen molar-refractivity contribution < 1.29 is 4.79 Å². The number of nitrogens with one attached hydrogen (secondary N) is 1. The molecule has 1 fully saturated rings. The van der Waals surface area contributed by atoms with Crippen LogP contribution in [0.25, 0.3) is 0 Å². The number of likely N-dealkylation sites (tertiary alicyclic amines) is 1. The average Bonchev–Trinajstić information content (AvgIpc) is 2.55. The molecule has 0 aromatic carbocycles. The van der Waals surface area contributed by atoms with E-state index in [-0.39, 0.29) is 0 Å². The highest BCUT2D eigenvalue weighted by atomic mass is 16.2. The molecule has 1 N–H and O–H groups in total. The van der Waals surface area contributed by atoms with Gasteiger partial charge in [0.2, 0.25) is 5.91 Å². The summed E-state index contributed by atoms with van der Waals surface area (Å²) in [6, 6.07) is 0. The predicted molar refractivity (Wildman–Crippen MR) is 62.8 cm³/mol. The molecular formula is C12H24N2O. The van der Waals surface area contributed by atoms with Crippen molar-refractivity contribution in [2.24, 2.45) is 5.92 Å². The highest BCUT2D eigenvalue weighted by molar-refractivity contribution is 5.78. The maximum absolute atomic E-state index is 11.6. The maximum atomic E-state index is 11.6. The van der Waals surface area contributed by atoms with Crippen molar-refractivity contribution in [3.8, 4) is 0 Å². The van der Waals surface area contributed by atoms with Gasteiger partial charge in [0.1, 0.15) is 0 Å². The van der Waals surface area contributed by atoms with E-state index in [1.54, 1.807) is 0 Å². The number of carbonyl (C=O) groups is 1. The van der Waals surface area contributed by atoms with E-state index in [4.69, 9.17) is 0 Å². The molecule has 1 aliphatic heterocycles. The van der Waals surface area contributed by atoms with Gasteiger partial charge in [-0.3, -0.25) is 4.79 Å². The molecule has 0 aromatic heterocycles. The van der Waals surface area contributed by atoms with E-state index in [1.165, 1.54) is 12.8 Å². The number of hydrogen-bond acceptors (Lipinski definition) is 2. The molecule has 0 bridgehead atoms. The first-order valence-electron chi connectivity index (χ1n) is 6.26. The molecule has 0 aromatic rings. The van der Waals surface area contributed by atoms with Crippen LogP contribution < -0.4 is 5.32 Å². The van der Waals surface area contributed by atoms with Crippen molar-refractivity contribution >= 4 is 5.91 Å². The Bertz CT molecular complexity index is 194. The van der Waals surface area contributed by atoms with E-state index >= 15 is 0 Å². The van der Waals surface area contributed by atoms with Crippen molar-refractivity contribution in [3.05, 3.63) is 0 Å². The Labute approximate surface area is 93.2 Å². The van der Waals surface area contributed by atoms with Crippen LogP contribution in [0.3, 0.4) is 0 Å². The van der Waals surface area contributed by atoms with Crippen LogP contribution in [0.2, 0.25) is 0 Å². The molecule has 1 saturated heterocycles. The molecule has 0 saturated carbocycles. The Morgan fingerprint density at radius 1 is 1.47 bits per heavy atom. The van der Waals surface area contributed by atoms with Crippen LogP contribution >= 0.6 is 0 Å². The van der Waals surface area contributed by atoms with E-state index in [0.717, 1.165) is 39.0 Å². The molecule has 88 valence electrons. The second-order valence-electron chi connectivity index (χ2n) is 4.41. The van der Waals surface area contributed by atoms with Crippen molar-refractivity contribution in [1.82, 2.24) is 10.2 Å². The van der Waals surface area contributed by atoms with Crippen molar-refractivity contribution in [3.63, 3.8) is 0 Å². The summed E-state index contributed by atoms with van der Waals surface area (Å²) in [6.07, 6.45) is 4.27. The minimum atomic E-state index is 0.366. The molecule has 1 heterocycles. The van der Waals surface area contributed by atoms with Gasteiger partial charge in [0.25, 0.3) is 0 Å². The lowest BCUT2D eigenvalue weighted by Gasteiger charge is -2.16. The van der Waals surface area contributed by atoms with E-state index in [2.05, 4.69) is 19.2 Å². The SMILES string of the molecule is CCCC1CC(=O)N(CCCNCC)C1. The first-order valence-corrected chi connectivity index (χ1v) is 6.26. The summed E-state index contributed by atoms with van der Waals surface area (Å²) in [6.45, 7) is 8.28. The standard InChI is InChI=1S/C12H24N2O/c1-3-6-11-9-12(15)14(10-11)8-5-7-13-4-2/h11,13H,3-10H2,1-2H3. The Hall–Kier alpha value is -0.570. The van der Waals surface area contributed by atoms with E-state index in [0.29, 0.717) is 11.8 Å². The van der Waals surface area contributed by atoms with Crippen LogP contribution in [0.1, 0.15) is 39.5 Å². The second-order valence-corrected chi connectivity index (χ2v) is 4.41. The lowest BCUT2D eigenvalue weighted by Crippen LogP contribution is -2.28. The molecule has 0 aliphatic carbocycles. The summed E-state index contributed by atoms with van der Waals surface area (Å²) in [7, 11) is 0. The largest absolute Gasteiger partial charge is 0.342 e. The molecule has 15 heavy (non-hydrogen) atoms. The molecule has 0 spiro atoms. The lowest BCUT2D eigenvalue weighted by molar-refractivity contribution is -0.127. The maximum Gasteiger partial charge on any atom is 0.222 e. The third-order valence-electron chi connectivity index (χ3n) is 3.02. The molecule has 1 amide bonds. The van der Waals surface area contributed by atoms with Gasteiger partial charge in [0.15, 0.2) is 0 Å². The first kappa shape index (κ1) is 12.5. The molecule has 1 rings (SSSR count). The van der Waals surface area contributed by atoms with Gasteiger partial charge in [-0.2, -0.15) is 0 Å². The average molecular weight is 212 g/mol. The molecule has 1 atom stereocenters. The quantitative estimate of drug-likeness (QED) is 0.651. The lowest BCUT2D eigenvalue weighted by atomic mass is 10.0. The number of carbonyl (C=O) groups excluding carboxylic acids is 1. The molecule has 0 radical (unpaired) electrons. The van der Waals surface area contributed by atoms with Crippen molar-refractivity contribution in [2.45, 2.75) is 39.5 Å². The monoisotopic (exact) mass is 212 g/mol. The zero-order chi connectivity index (χ0) is 11.1. The van der Waals surface area contributed by atoms with Crippen LogP contribution in [-0.4, -0.2) is 37.0 Å². The summed E-state index contributed by atoms with van der Waals surface area (Å²) in [5, 5.41) is 3.29. The highest BCUT2D eigenvalue weighted by Crippen LogP contribution is 2.21. The smallest absolute Gasteiger partial charge is 0.222 e. The normalized spacial score (nSPS) is 21.3. The van der Waals surface area contributed by atoms with Gasteiger partial charge < -0.3 is 10.2 Å². The second kappa shape index (κ2) is 6.83. The zero-order valence-electron chi connectivity index (χ0n) is 10.1. The van der Waals surface area contributed by atoms with Gasteiger partial charge in [0, 0.05) is 19.5 Å². The van der Waals surface area contributed by atoms with Gasteiger partial charge in [0.05, 0.1) is 0 Å². The third kappa shape index (κ3) is 4.20. The molecule has 1 unspecified atom stereocenters. The zero-order valence-corrected chi connectivity index (χ0v) is 10.1. The van der Waals surface area contributed by atoms with Crippen molar-refractivity contribution in [1.29, 1.82) is 0 Å². The summed E-state index contributed by atoms with van der Waals surface area (Å²) in [5.41, 5.74) is 0. The summed E-state index contributed by atoms with van der Waals surface area (Å²) < 4.78 is 0. The van der Waals surface area contributed by atoms with Gasteiger partial charge in [-0.15, -0.1) is 0 Å². The summed E-state index contributed by atoms with van der Waals surface area (Å²) >= 11 is 0. The molecule has 3 nitrogen and oxygen atoms in total. The van der Waals surface area contributed by atoms with Crippen LogP contribution in [-0.2, 0) is 4.79 Å².